The monoisotopic (exact) mass is 446 g/mol. The zero-order valence-electron chi connectivity index (χ0n) is 18.9. The van der Waals surface area contributed by atoms with Crippen molar-refractivity contribution in [3.8, 4) is 11.1 Å². The van der Waals surface area contributed by atoms with E-state index in [0.29, 0.717) is 18.0 Å². The lowest BCUT2D eigenvalue weighted by Crippen LogP contribution is -2.37. The number of nitrogens with zero attached hydrogens (tertiary/aromatic N) is 3. The van der Waals surface area contributed by atoms with Crippen molar-refractivity contribution in [3.05, 3.63) is 53.9 Å². The first-order valence-electron chi connectivity index (χ1n) is 11.7. The Bertz CT molecular complexity index is 1190. The van der Waals surface area contributed by atoms with Crippen LogP contribution in [0.5, 0.6) is 0 Å². The summed E-state index contributed by atoms with van der Waals surface area (Å²) in [6.45, 7) is 4.29. The number of anilines is 1. The highest BCUT2D eigenvalue weighted by atomic mass is 16.2. The first-order valence-corrected chi connectivity index (χ1v) is 11.7. The molecule has 1 saturated heterocycles. The minimum absolute atomic E-state index is 0.00353. The van der Waals surface area contributed by atoms with Gasteiger partial charge < -0.3 is 21.3 Å². The third-order valence-corrected chi connectivity index (χ3v) is 6.70. The van der Waals surface area contributed by atoms with Gasteiger partial charge in [-0.05, 0) is 61.8 Å². The van der Waals surface area contributed by atoms with Crippen LogP contribution in [-0.2, 0) is 6.54 Å². The number of carbonyl (C=O) groups is 2. The van der Waals surface area contributed by atoms with Gasteiger partial charge in [0, 0.05) is 37.4 Å². The Morgan fingerprint density at radius 1 is 1.18 bits per heavy atom. The van der Waals surface area contributed by atoms with E-state index in [-0.39, 0.29) is 12.1 Å². The van der Waals surface area contributed by atoms with Gasteiger partial charge in [0.2, 0.25) is 0 Å². The van der Waals surface area contributed by atoms with Crippen LogP contribution >= 0.6 is 0 Å². The number of hydrogen-bond acceptors (Lipinski definition) is 4. The summed E-state index contributed by atoms with van der Waals surface area (Å²) in [5.74, 6) is 0.134. The van der Waals surface area contributed by atoms with Crippen molar-refractivity contribution in [2.45, 2.75) is 45.2 Å². The third-order valence-electron chi connectivity index (χ3n) is 6.70. The maximum Gasteiger partial charge on any atom is 0.317 e. The second kappa shape index (κ2) is 8.77. The van der Waals surface area contributed by atoms with Crippen molar-refractivity contribution in [2.75, 3.05) is 18.4 Å². The largest absolute Gasteiger partial charge is 0.380 e. The molecule has 3 aromatic rings. The number of nitrogens with one attached hydrogen (secondary N) is 2. The van der Waals surface area contributed by atoms with Crippen molar-refractivity contribution in [1.29, 1.82) is 0 Å². The highest BCUT2D eigenvalue weighted by Gasteiger charge is 2.29. The SMILES string of the molecule is C[C@@H](Nc1c(C(N)=O)cnn2cc(-c3cccc(CNC(=O)N4CCCC4)c3)cc12)C1CC1. The fourth-order valence-electron chi connectivity index (χ4n) is 4.57. The Labute approximate surface area is 193 Å². The standard InChI is InChI=1S/C25H30N6O2/c1-16(18-7-8-18)29-23-21(24(26)32)14-28-31-15-20(12-22(23)31)19-6-4-5-17(11-19)13-27-25(33)30-9-2-3-10-30/h4-6,11-12,14-16,18,29H,2-3,7-10,13H2,1H3,(H2,26,32)(H,27,33)/t16-/m1/s1. The van der Waals surface area contributed by atoms with Gasteiger partial charge >= 0.3 is 6.03 Å². The first kappa shape index (κ1) is 21.3. The number of aromatic nitrogens is 2. The summed E-state index contributed by atoms with van der Waals surface area (Å²) in [5.41, 5.74) is 10.6. The molecule has 1 aliphatic heterocycles. The lowest BCUT2D eigenvalue weighted by molar-refractivity contribution is 0.100. The number of nitrogens with two attached hydrogens (primary N) is 1. The molecular weight excluding hydrogens is 416 g/mol. The first-order chi connectivity index (χ1) is 16.0. The van der Waals surface area contributed by atoms with E-state index >= 15 is 0 Å². The lowest BCUT2D eigenvalue weighted by atomic mass is 10.1. The molecule has 1 atom stereocenters. The van der Waals surface area contributed by atoms with Gasteiger partial charge in [-0.25, -0.2) is 9.31 Å². The van der Waals surface area contributed by atoms with Gasteiger partial charge in [-0.3, -0.25) is 4.79 Å². The molecular formula is C25H30N6O2. The third kappa shape index (κ3) is 4.51. The van der Waals surface area contributed by atoms with Crippen molar-refractivity contribution in [3.63, 3.8) is 0 Å². The molecule has 1 aliphatic carbocycles. The fraction of sp³-hybridized carbons (Fsp3) is 0.400. The van der Waals surface area contributed by atoms with Crippen LogP contribution in [0.4, 0.5) is 10.5 Å². The average molecular weight is 447 g/mol. The van der Waals surface area contributed by atoms with Crippen LogP contribution in [0.25, 0.3) is 16.6 Å². The zero-order valence-corrected chi connectivity index (χ0v) is 18.9. The quantitative estimate of drug-likeness (QED) is 0.516. The number of amides is 3. The van der Waals surface area contributed by atoms with Crippen molar-refractivity contribution >= 4 is 23.1 Å². The minimum atomic E-state index is -0.492. The number of fused-ring (bicyclic) bond motifs is 1. The highest BCUT2D eigenvalue weighted by Crippen LogP contribution is 2.36. The van der Waals surface area contributed by atoms with Gasteiger partial charge in [0.15, 0.2) is 0 Å². The molecule has 5 rings (SSSR count). The van der Waals surface area contributed by atoms with Crippen LogP contribution in [0.3, 0.4) is 0 Å². The van der Waals surface area contributed by atoms with Gasteiger partial charge in [-0.1, -0.05) is 18.2 Å². The summed E-state index contributed by atoms with van der Waals surface area (Å²) in [6, 6.07) is 10.4. The number of hydrogen-bond donors (Lipinski definition) is 3. The normalized spacial score (nSPS) is 16.7. The number of urea groups is 1. The number of benzene rings is 1. The summed E-state index contributed by atoms with van der Waals surface area (Å²) >= 11 is 0. The van der Waals surface area contributed by atoms with E-state index in [2.05, 4.69) is 28.7 Å². The van der Waals surface area contributed by atoms with Crippen LogP contribution in [0.15, 0.2) is 42.7 Å². The second-order valence-corrected chi connectivity index (χ2v) is 9.18. The molecule has 3 heterocycles. The number of carbonyl (C=O) groups excluding carboxylic acids is 2. The van der Waals surface area contributed by atoms with E-state index in [9.17, 15) is 9.59 Å². The molecule has 8 nitrogen and oxygen atoms in total. The average Bonchev–Trinajstić information content (AvgIpc) is 3.33. The summed E-state index contributed by atoms with van der Waals surface area (Å²) in [5, 5.41) is 11.0. The van der Waals surface area contributed by atoms with Crippen LogP contribution < -0.4 is 16.4 Å². The summed E-state index contributed by atoms with van der Waals surface area (Å²) in [7, 11) is 0. The van der Waals surface area contributed by atoms with Crippen molar-refractivity contribution < 1.29 is 9.59 Å². The van der Waals surface area contributed by atoms with Crippen molar-refractivity contribution in [1.82, 2.24) is 19.8 Å². The Balaban J connectivity index is 1.41. The molecule has 33 heavy (non-hydrogen) atoms. The van der Waals surface area contributed by atoms with Crippen molar-refractivity contribution in [2.24, 2.45) is 11.7 Å². The summed E-state index contributed by atoms with van der Waals surface area (Å²) in [4.78, 5) is 26.3. The predicted octanol–water partition coefficient (Wildman–Crippen LogP) is 3.62. The van der Waals surface area contributed by atoms with Crippen LogP contribution in [0.1, 0.15) is 48.5 Å². The Kier molecular flexibility index (Phi) is 5.66. The number of primary amides is 1. The molecule has 0 bridgehead atoms. The predicted molar refractivity (Wildman–Crippen MR) is 128 cm³/mol. The Hall–Kier alpha value is -3.55. The molecule has 4 N–H and O–H groups in total. The van der Waals surface area contributed by atoms with Gasteiger partial charge in [-0.2, -0.15) is 5.10 Å². The molecule has 0 spiro atoms. The molecule has 2 aliphatic rings. The highest BCUT2D eigenvalue weighted by molar-refractivity contribution is 6.02. The van der Waals surface area contributed by atoms with E-state index in [0.717, 1.165) is 53.8 Å². The molecule has 2 fully saturated rings. The van der Waals surface area contributed by atoms with Gasteiger partial charge in [0.1, 0.15) is 0 Å². The zero-order chi connectivity index (χ0) is 22.9. The molecule has 2 aromatic heterocycles. The molecule has 1 aromatic carbocycles. The van der Waals surface area contributed by atoms with E-state index in [1.54, 1.807) is 4.52 Å². The fourth-order valence-corrected chi connectivity index (χ4v) is 4.57. The number of rotatable bonds is 7. The minimum Gasteiger partial charge on any atom is -0.380 e. The van der Waals surface area contributed by atoms with E-state index < -0.39 is 5.91 Å². The van der Waals surface area contributed by atoms with Gasteiger partial charge in [0.25, 0.3) is 5.91 Å². The van der Waals surface area contributed by atoms with Crippen LogP contribution in [0.2, 0.25) is 0 Å². The molecule has 1 saturated carbocycles. The molecule has 172 valence electrons. The topological polar surface area (TPSA) is 105 Å². The maximum atomic E-state index is 12.3. The Morgan fingerprint density at radius 3 is 2.70 bits per heavy atom. The number of likely N-dealkylation sites (tertiary alicyclic amines) is 1. The van der Waals surface area contributed by atoms with E-state index in [1.165, 1.54) is 19.0 Å². The maximum absolute atomic E-state index is 12.3. The van der Waals surface area contributed by atoms with E-state index in [1.807, 2.05) is 35.4 Å². The second-order valence-electron chi connectivity index (χ2n) is 9.18. The molecule has 3 amide bonds. The molecule has 8 heteroatoms. The summed E-state index contributed by atoms with van der Waals surface area (Å²) < 4.78 is 1.78. The van der Waals surface area contributed by atoms with E-state index in [4.69, 9.17) is 5.73 Å². The molecule has 0 unspecified atom stereocenters. The molecule has 0 radical (unpaired) electrons. The van der Waals surface area contributed by atoms with Crippen LogP contribution in [-0.4, -0.2) is 45.6 Å². The van der Waals surface area contributed by atoms with Gasteiger partial charge in [0.05, 0.1) is 23.0 Å². The Morgan fingerprint density at radius 2 is 1.97 bits per heavy atom. The smallest absolute Gasteiger partial charge is 0.317 e. The van der Waals surface area contributed by atoms with Gasteiger partial charge in [-0.15, -0.1) is 0 Å². The lowest BCUT2D eigenvalue weighted by Gasteiger charge is -2.17. The summed E-state index contributed by atoms with van der Waals surface area (Å²) in [6.07, 6.45) is 8.05. The van der Waals surface area contributed by atoms with Crippen LogP contribution in [0, 0.1) is 5.92 Å².